The molecule has 0 spiro atoms. The summed E-state index contributed by atoms with van der Waals surface area (Å²) in [6, 6.07) is 24.7. The van der Waals surface area contributed by atoms with E-state index in [1.165, 1.54) is 10.9 Å². The van der Waals surface area contributed by atoms with Crippen LogP contribution in [0.5, 0.6) is 0 Å². The lowest BCUT2D eigenvalue weighted by molar-refractivity contribution is -0.0595. The molecule has 0 radical (unpaired) electrons. The Bertz CT molecular complexity index is 1990. The second-order valence-corrected chi connectivity index (χ2v) is 11.5. The van der Waals surface area contributed by atoms with Gasteiger partial charge in [-0.2, -0.15) is 8.42 Å². The second kappa shape index (κ2) is 11.9. The van der Waals surface area contributed by atoms with E-state index in [0.29, 0.717) is 5.56 Å². The number of esters is 1. The van der Waals surface area contributed by atoms with Gasteiger partial charge in [-0.25, -0.2) is 33.0 Å². The van der Waals surface area contributed by atoms with Crippen molar-refractivity contribution < 1.29 is 40.6 Å². The van der Waals surface area contributed by atoms with Crippen LogP contribution in [-0.4, -0.2) is 70.6 Å². The third-order valence-electron chi connectivity index (χ3n) is 7.40. The van der Waals surface area contributed by atoms with Crippen molar-refractivity contribution in [2.75, 3.05) is 11.5 Å². The molecule has 15 heteroatoms. The number of ether oxygens (including phenoxy) is 2. The molecular formula is C31H23N5O9S. The molecule has 0 unspecified atom stereocenters. The normalized spacial score (nSPS) is 21.5. The lowest BCUT2D eigenvalue weighted by Crippen LogP contribution is -2.38. The van der Waals surface area contributed by atoms with Gasteiger partial charge in [-0.15, -0.1) is 0 Å². The van der Waals surface area contributed by atoms with Gasteiger partial charge in [-0.3, -0.25) is 14.2 Å². The molecule has 2 fully saturated rings. The van der Waals surface area contributed by atoms with E-state index in [1.807, 2.05) is 0 Å². The standard InChI is InChI=1S/C31H23N5O9S/c37-28(19-10-4-1-5-11-19)36(29(38)20-12-6-2-7-13-20)27-23-26(32-17-33-27)35(18-34-23)30-25-24(44-46(40,41)45-25)22(43-30)16-42-31(39)21-14-8-3-9-15-21/h1-15,17-18,22,24-25,30H,16H2/t22-,24+,25-,30+/m0/s1. The number of hydrogen-bond donors (Lipinski definition) is 0. The molecule has 0 bridgehead atoms. The number of rotatable bonds is 7. The van der Waals surface area contributed by atoms with Crippen LogP contribution in [0.15, 0.2) is 104 Å². The molecular weight excluding hydrogens is 618 g/mol. The van der Waals surface area contributed by atoms with Crippen LogP contribution in [0, 0.1) is 0 Å². The minimum atomic E-state index is -4.40. The number of aromatic nitrogens is 4. The molecule has 4 atom stereocenters. The van der Waals surface area contributed by atoms with Crippen molar-refractivity contribution >= 4 is 45.2 Å². The van der Waals surface area contributed by atoms with Crippen LogP contribution < -0.4 is 4.90 Å². The summed E-state index contributed by atoms with van der Waals surface area (Å²) in [5, 5.41) is 0. The Morgan fingerprint density at radius 1 is 0.761 bits per heavy atom. The number of nitrogens with zero attached hydrogens (tertiary/aromatic N) is 5. The van der Waals surface area contributed by atoms with Gasteiger partial charge in [0, 0.05) is 11.1 Å². The first-order valence-corrected chi connectivity index (χ1v) is 15.3. The van der Waals surface area contributed by atoms with Crippen LogP contribution in [-0.2, 0) is 28.2 Å². The van der Waals surface area contributed by atoms with Crippen LogP contribution in [0.2, 0.25) is 0 Å². The van der Waals surface area contributed by atoms with E-state index >= 15 is 0 Å². The topological polar surface area (TPSA) is 169 Å². The van der Waals surface area contributed by atoms with Gasteiger partial charge >= 0.3 is 16.4 Å². The lowest BCUT2D eigenvalue weighted by atomic mass is 10.1. The molecule has 14 nitrogen and oxygen atoms in total. The molecule has 2 saturated heterocycles. The highest BCUT2D eigenvalue weighted by atomic mass is 32.3. The van der Waals surface area contributed by atoms with E-state index < -0.39 is 52.7 Å². The average Bonchev–Trinajstić information content (AvgIpc) is 3.75. The average molecular weight is 642 g/mol. The number of imidazole rings is 1. The maximum absolute atomic E-state index is 13.8. The fourth-order valence-electron chi connectivity index (χ4n) is 5.29. The molecule has 232 valence electrons. The molecule has 3 aromatic carbocycles. The maximum Gasteiger partial charge on any atom is 0.400 e. The zero-order valence-corrected chi connectivity index (χ0v) is 24.5. The molecule has 0 N–H and O–H groups in total. The van der Waals surface area contributed by atoms with Crippen LogP contribution >= 0.6 is 0 Å². The largest absolute Gasteiger partial charge is 0.459 e. The number of imide groups is 1. The summed E-state index contributed by atoms with van der Waals surface area (Å²) in [5.74, 6) is -2.05. The fourth-order valence-corrected chi connectivity index (χ4v) is 6.32. The predicted molar refractivity (Wildman–Crippen MR) is 159 cm³/mol. The minimum absolute atomic E-state index is 0.0527. The fraction of sp³-hybridized carbons (Fsp3) is 0.161. The van der Waals surface area contributed by atoms with Gasteiger partial charge in [0.1, 0.15) is 25.1 Å². The highest BCUT2D eigenvalue weighted by molar-refractivity contribution is 7.82. The zero-order valence-electron chi connectivity index (χ0n) is 23.7. The van der Waals surface area contributed by atoms with Crippen molar-refractivity contribution in [3.63, 3.8) is 0 Å². The monoisotopic (exact) mass is 641 g/mol. The van der Waals surface area contributed by atoms with Crippen LogP contribution in [0.25, 0.3) is 11.2 Å². The van der Waals surface area contributed by atoms with Gasteiger partial charge in [-0.1, -0.05) is 54.6 Å². The third-order valence-corrected chi connectivity index (χ3v) is 8.32. The third kappa shape index (κ3) is 5.41. The Hall–Kier alpha value is -5.35. The van der Waals surface area contributed by atoms with E-state index in [-0.39, 0.29) is 34.7 Å². The first kappa shape index (κ1) is 29.4. The molecule has 0 saturated carbocycles. The highest BCUT2D eigenvalue weighted by Gasteiger charge is 2.57. The Balaban J connectivity index is 1.24. The molecule has 2 aliphatic rings. The van der Waals surface area contributed by atoms with Crippen molar-refractivity contribution in [2.45, 2.75) is 24.5 Å². The summed E-state index contributed by atoms with van der Waals surface area (Å²) in [5.41, 5.74) is 0.922. The Kier molecular flexibility index (Phi) is 7.58. The van der Waals surface area contributed by atoms with Crippen LogP contribution in [0.1, 0.15) is 37.3 Å². The summed E-state index contributed by atoms with van der Waals surface area (Å²) in [7, 11) is -4.40. The minimum Gasteiger partial charge on any atom is -0.459 e. The first-order chi connectivity index (χ1) is 22.3. The van der Waals surface area contributed by atoms with Crippen molar-refractivity contribution in [2.24, 2.45) is 0 Å². The van der Waals surface area contributed by atoms with Gasteiger partial charge in [0.15, 0.2) is 29.3 Å². The van der Waals surface area contributed by atoms with Gasteiger partial charge in [0.25, 0.3) is 11.8 Å². The molecule has 2 amide bonds. The van der Waals surface area contributed by atoms with Crippen molar-refractivity contribution in [1.29, 1.82) is 0 Å². The van der Waals surface area contributed by atoms with E-state index in [9.17, 15) is 22.8 Å². The molecule has 46 heavy (non-hydrogen) atoms. The van der Waals surface area contributed by atoms with Gasteiger partial charge in [-0.05, 0) is 36.4 Å². The number of fused-ring (bicyclic) bond motifs is 2. The van der Waals surface area contributed by atoms with Gasteiger partial charge in [0.2, 0.25) is 0 Å². The second-order valence-electron chi connectivity index (χ2n) is 10.3. The summed E-state index contributed by atoms with van der Waals surface area (Å²) in [6.45, 7) is -0.345. The van der Waals surface area contributed by atoms with E-state index in [0.717, 1.165) is 11.2 Å². The first-order valence-electron chi connectivity index (χ1n) is 14.0. The van der Waals surface area contributed by atoms with Crippen LogP contribution in [0.4, 0.5) is 5.82 Å². The highest BCUT2D eigenvalue weighted by Crippen LogP contribution is 2.41. The zero-order chi connectivity index (χ0) is 31.8. The number of anilines is 1. The summed E-state index contributed by atoms with van der Waals surface area (Å²) >= 11 is 0. The Morgan fingerprint density at radius 2 is 1.33 bits per heavy atom. The molecule has 5 aromatic rings. The van der Waals surface area contributed by atoms with Crippen molar-refractivity contribution in [1.82, 2.24) is 19.5 Å². The number of carbonyl (C=O) groups excluding carboxylic acids is 3. The molecule has 2 aromatic heterocycles. The Morgan fingerprint density at radius 3 is 1.93 bits per heavy atom. The number of amides is 2. The molecule has 2 aliphatic heterocycles. The van der Waals surface area contributed by atoms with Gasteiger partial charge in [0.05, 0.1) is 11.9 Å². The lowest BCUT2D eigenvalue weighted by Gasteiger charge is -2.21. The summed E-state index contributed by atoms with van der Waals surface area (Å²) in [6.07, 6.45) is -2.13. The number of benzene rings is 3. The van der Waals surface area contributed by atoms with E-state index in [2.05, 4.69) is 15.0 Å². The Labute approximate surface area is 261 Å². The van der Waals surface area contributed by atoms with Crippen molar-refractivity contribution in [3.05, 3.63) is 120 Å². The van der Waals surface area contributed by atoms with Crippen molar-refractivity contribution in [3.8, 4) is 0 Å². The SMILES string of the molecule is O=C(OC[C@@H]1O[C@@H](n2cnc3c(N(C(=O)c4ccccc4)C(=O)c4ccccc4)ncnc32)[C@H]2OS(=O)(=O)O[C@@H]21)c1ccccc1. The van der Waals surface area contributed by atoms with E-state index in [1.54, 1.807) is 91.0 Å². The van der Waals surface area contributed by atoms with Gasteiger partial charge < -0.3 is 9.47 Å². The molecule has 4 heterocycles. The summed E-state index contributed by atoms with van der Waals surface area (Å²) in [4.78, 5) is 54.1. The molecule has 0 aliphatic carbocycles. The quantitative estimate of drug-likeness (QED) is 0.188. The van der Waals surface area contributed by atoms with E-state index in [4.69, 9.17) is 17.8 Å². The maximum atomic E-state index is 13.8. The number of hydrogen-bond acceptors (Lipinski definition) is 12. The number of carbonyl (C=O) groups is 3. The predicted octanol–water partition coefficient (Wildman–Crippen LogP) is 3.10. The smallest absolute Gasteiger partial charge is 0.400 e. The molecule has 7 rings (SSSR count). The summed E-state index contributed by atoms with van der Waals surface area (Å²) < 4.78 is 48.0. The van der Waals surface area contributed by atoms with Crippen LogP contribution in [0.3, 0.4) is 0 Å².